The van der Waals surface area contributed by atoms with Crippen LogP contribution in [-0.4, -0.2) is 24.2 Å². The molecule has 0 saturated heterocycles. The molecule has 0 saturated carbocycles. The number of rotatable bonds is 5. The van der Waals surface area contributed by atoms with Crippen molar-refractivity contribution in [2.45, 2.75) is 20.3 Å². The molecule has 1 amide bonds. The lowest BCUT2D eigenvalue weighted by Gasteiger charge is -2.23. The lowest BCUT2D eigenvalue weighted by Crippen LogP contribution is -2.34. The fraction of sp³-hybridized carbons (Fsp3) is 0.462. The van der Waals surface area contributed by atoms with Crippen molar-refractivity contribution >= 4 is 34.8 Å². The van der Waals surface area contributed by atoms with Gasteiger partial charge < -0.3 is 16.2 Å². The minimum absolute atomic E-state index is 0.0857. The summed E-state index contributed by atoms with van der Waals surface area (Å²) in [7, 11) is 0. The molecule has 4 nitrogen and oxygen atoms in total. The summed E-state index contributed by atoms with van der Waals surface area (Å²) in [6.45, 7) is 4.47. The first kappa shape index (κ1) is 16.1. The molecule has 6 heteroatoms. The number of nitrogens with one attached hydrogen (secondary N) is 1. The van der Waals surface area contributed by atoms with E-state index < -0.39 is 0 Å². The quantitative estimate of drug-likeness (QED) is 0.732. The summed E-state index contributed by atoms with van der Waals surface area (Å²) in [6.07, 6.45) is 0.608. The van der Waals surface area contributed by atoms with Crippen molar-refractivity contribution in [3.05, 3.63) is 27.7 Å². The molecule has 0 bridgehead atoms. The van der Waals surface area contributed by atoms with Crippen LogP contribution in [0.4, 0.5) is 5.69 Å². The molecule has 0 aromatic heterocycles. The minimum atomic E-state index is -0.269. The van der Waals surface area contributed by atoms with Gasteiger partial charge in [-0.05, 0) is 24.0 Å². The van der Waals surface area contributed by atoms with Gasteiger partial charge in [0.2, 0.25) is 0 Å². The number of carbonyl (C=O) groups excluding carboxylic acids is 1. The Hall–Kier alpha value is -0.970. The van der Waals surface area contributed by atoms with Crippen molar-refractivity contribution in [2.24, 2.45) is 5.41 Å². The second kappa shape index (κ2) is 6.46. The molecule has 0 aliphatic heterocycles. The second-order valence-electron chi connectivity index (χ2n) is 5.17. The smallest absolute Gasteiger partial charge is 0.251 e. The van der Waals surface area contributed by atoms with Crippen molar-refractivity contribution < 1.29 is 9.90 Å². The van der Waals surface area contributed by atoms with Gasteiger partial charge in [-0.3, -0.25) is 4.79 Å². The summed E-state index contributed by atoms with van der Waals surface area (Å²) >= 11 is 11.8. The molecule has 19 heavy (non-hydrogen) atoms. The molecule has 4 N–H and O–H groups in total. The van der Waals surface area contributed by atoms with Gasteiger partial charge in [-0.25, -0.2) is 0 Å². The van der Waals surface area contributed by atoms with Gasteiger partial charge in [0, 0.05) is 18.7 Å². The molecule has 1 aromatic carbocycles. The Bertz CT molecular complexity index is 453. The highest BCUT2D eigenvalue weighted by molar-refractivity contribution is 6.39. The minimum Gasteiger partial charge on any atom is -0.396 e. The zero-order chi connectivity index (χ0) is 14.6. The number of hydrogen-bond donors (Lipinski definition) is 3. The van der Waals surface area contributed by atoms with Crippen molar-refractivity contribution in [1.82, 2.24) is 5.32 Å². The van der Waals surface area contributed by atoms with Crippen molar-refractivity contribution in [3.63, 3.8) is 0 Å². The van der Waals surface area contributed by atoms with Crippen LogP contribution in [0.5, 0.6) is 0 Å². The van der Waals surface area contributed by atoms with Crippen LogP contribution in [0, 0.1) is 5.41 Å². The largest absolute Gasteiger partial charge is 0.396 e. The highest BCUT2D eigenvalue weighted by Gasteiger charge is 2.19. The number of nitrogens with two attached hydrogens (primary N) is 1. The molecule has 106 valence electrons. The van der Waals surface area contributed by atoms with Crippen LogP contribution in [0.3, 0.4) is 0 Å². The second-order valence-corrected chi connectivity index (χ2v) is 5.99. The topological polar surface area (TPSA) is 75.3 Å². The monoisotopic (exact) mass is 304 g/mol. The Kier molecular flexibility index (Phi) is 5.47. The average Bonchev–Trinajstić information content (AvgIpc) is 2.32. The van der Waals surface area contributed by atoms with Crippen molar-refractivity contribution in [3.8, 4) is 0 Å². The van der Waals surface area contributed by atoms with Gasteiger partial charge in [0.25, 0.3) is 5.91 Å². The molecule has 0 atom stereocenters. The molecular formula is C13H18Cl2N2O2. The number of anilines is 1. The highest BCUT2D eigenvalue weighted by Crippen LogP contribution is 2.28. The number of aliphatic hydroxyl groups is 1. The van der Waals surface area contributed by atoms with E-state index in [4.69, 9.17) is 34.0 Å². The molecule has 1 aromatic rings. The predicted molar refractivity (Wildman–Crippen MR) is 78.7 cm³/mol. The molecule has 0 unspecified atom stereocenters. The number of benzene rings is 1. The molecule has 0 fully saturated rings. The van der Waals surface area contributed by atoms with Crippen LogP contribution >= 0.6 is 23.2 Å². The third-order valence-electron chi connectivity index (χ3n) is 2.86. The van der Waals surface area contributed by atoms with E-state index in [1.165, 1.54) is 12.1 Å². The number of nitrogen functional groups attached to an aromatic ring is 1. The van der Waals surface area contributed by atoms with Crippen LogP contribution in [0.15, 0.2) is 12.1 Å². The Morgan fingerprint density at radius 3 is 2.37 bits per heavy atom. The standard InChI is InChI=1S/C13H18Cl2N2O2/c1-13(2,3-4-18)7-17-12(19)8-5-9(14)11(16)10(15)6-8/h5-6,18H,3-4,7,16H2,1-2H3,(H,17,19). The fourth-order valence-electron chi connectivity index (χ4n) is 1.53. The van der Waals surface area contributed by atoms with Crippen molar-refractivity contribution in [2.75, 3.05) is 18.9 Å². The van der Waals surface area contributed by atoms with Crippen LogP contribution < -0.4 is 11.1 Å². The lowest BCUT2D eigenvalue weighted by atomic mass is 9.89. The van der Waals surface area contributed by atoms with Gasteiger partial charge in [-0.1, -0.05) is 37.0 Å². The lowest BCUT2D eigenvalue weighted by molar-refractivity contribution is 0.0928. The van der Waals surface area contributed by atoms with Crippen molar-refractivity contribution in [1.29, 1.82) is 0 Å². The van der Waals surface area contributed by atoms with Gasteiger partial charge >= 0.3 is 0 Å². The van der Waals surface area contributed by atoms with Gasteiger partial charge in [-0.2, -0.15) is 0 Å². The zero-order valence-corrected chi connectivity index (χ0v) is 12.5. The Balaban J connectivity index is 2.74. The predicted octanol–water partition coefficient (Wildman–Crippen LogP) is 2.71. The average molecular weight is 305 g/mol. The summed E-state index contributed by atoms with van der Waals surface area (Å²) in [5.74, 6) is -0.269. The van der Waals surface area contributed by atoms with E-state index in [1.807, 2.05) is 13.8 Å². The summed E-state index contributed by atoms with van der Waals surface area (Å²) in [4.78, 5) is 12.0. The molecular weight excluding hydrogens is 287 g/mol. The first-order valence-corrected chi connectivity index (χ1v) is 6.66. The highest BCUT2D eigenvalue weighted by atomic mass is 35.5. The zero-order valence-electron chi connectivity index (χ0n) is 11.0. The van der Waals surface area contributed by atoms with Crippen LogP contribution in [0.1, 0.15) is 30.6 Å². The van der Waals surface area contributed by atoms with E-state index >= 15 is 0 Å². The van der Waals surface area contributed by atoms with E-state index in [0.29, 0.717) is 18.5 Å². The van der Waals surface area contributed by atoms with Gasteiger partial charge in [-0.15, -0.1) is 0 Å². The third-order valence-corrected chi connectivity index (χ3v) is 3.48. The van der Waals surface area contributed by atoms with Crippen LogP contribution in [0.25, 0.3) is 0 Å². The maximum absolute atomic E-state index is 12.0. The Labute approximate surface area is 122 Å². The van der Waals surface area contributed by atoms with Gasteiger partial charge in [0.1, 0.15) is 0 Å². The van der Waals surface area contributed by atoms with E-state index in [2.05, 4.69) is 5.32 Å². The van der Waals surface area contributed by atoms with Crippen LogP contribution in [0.2, 0.25) is 10.0 Å². The molecule has 0 radical (unpaired) electrons. The number of carbonyl (C=O) groups is 1. The van der Waals surface area contributed by atoms with E-state index in [-0.39, 0.29) is 33.7 Å². The van der Waals surface area contributed by atoms with Gasteiger partial charge in [0.05, 0.1) is 15.7 Å². The third kappa shape index (κ3) is 4.56. The summed E-state index contributed by atoms with van der Waals surface area (Å²) < 4.78 is 0. The molecule has 1 rings (SSSR count). The first-order valence-electron chi connectivity index (χ1n) is 5.90. The number of amides is 1. The van der Waals surface area contributed by atoms with Gasteiger partial charge in [0.15, 0.2) is 0 Å². The number of halogens is 2. The maximum atomic E-state index is 12.0. The van der Waals surface area contributed by atoms with Crippen LogP contribution in [-0.2, 0) is 0 Å². The first-order chi connectivity index (χ1) is 8.76. The molecule has 0 aliphatic rings. The van der Waals surface area contributed by atoms with E-state index in [0.717, 1.165) is 0 Å². The number of hydrogen-bond acceptors (Lipinski definition) is 3. The Morgan fingerprint density at radius 1 is 1.37 bits per heavy atom. The molecule has 0 heterocycles. The summed E-state index contributed by atoms with van der Waals surface area (Å²) in [6, 6.07) is 2.97. The SMILES string of the molecule is CC(C)(CCO)CNC(=O)c1cc(Cl)c(N)c(Cl)c1. The molecule has 0 aliphatic carbocycles. The molecule has 0 spiro atoms. The summed E-state index contributed by atoms with van der Waals surface area (Å²) in [5, 5.41) is 12.2. The summed E-state index contributed by atoms with van der Waals surface area (Å²) in [5.41, 5.74) is 6.06. The Morgan fingerprint density at radius 2 is 1.89 bits per heavy atom. The maximum Gasteiger partial charge on any atom is 0.251 e. The van der Waals surface area contributed by atoms with E-state index in [9.17, 15) is 4.79 Å². The number of aliphatic hydroxyl groups excluding tert-OH is 1. The normalized spacial score (nSPS) is 11.4. The van der Waals surface area contributed by atoms with E-state index in [1.54, 1.807) is 0 Å². The fourth-order valence-corrected chi connectivity index (χ4v) is 2.02.